The predicted octanol–water partition coefficient (Wildman–Crippen LogP) is -0.291. The molecule has 1 amide bonds. The Morgan fingerprint density at radius 2 is 1.90 bits per heavy atom. The number of fused-ring (bicyclic) bond motifs is 1. The van der Waals surface area contributed by atoms with Crippen LogP contribution in [0, 0.1) is 0 Å². The number of hydrogen-bond donors (Lipinski definition) is 0. The van der Waals surface area contributed by atoms with Gasteiger partial charge in [-0.3, -0.25) is 4.79 Å². The molecule has 0 spiro atoms. The summed E-state index contributed by atoms with van der Waals surface area (Å²) in [6, 6.07) is 0.380. The molecule has 0 aliphatic carbocycles. The summed E-state index contributed by atoms with van der Waals surface area (Å²) in [5, 5.41) is 0. The van der Waals surface area contributed by atoms with Crippen LogP contribution in [0.1, 0.15) is 11.3 Å². The van der Waals surface area contributed by atoms with Crippen molar-refractivity contribution in [3.63, 3.8) is 0 Å². The van der Waals surface area contributed by atoms with E-state index in [2.05, 4.69) is 26.8 Å². The summed E-state index contributed by atoms with van der Waals surface area (Å²) in [4.78, 5) is 26.1. The minimum atomic E-state index is 0.380. The summed E-state index contributed by atoms with van der Waals surface area (Å²) in [7, 11) is 3.69. The molecule has 108 valence electrons. The van der Waals surface area contributed by atoms with Crippen LogP contribution in [0.3, 0.4) is 0 Å². The summed E-state index contributed by atoms with van der Waals surface area (Å²) in [5.74, 6) is 0.921. The molecular weight excluding hydrogens is 258 g/mol. The van der Waals surface area contributed by atoms with Crippen LogP contribution in [0.25, 0.3) is 0 Å². The van der Waals surface area contributed by atoms with E-state index in [0.717, 1.165) is 49.7 Å². The maximum absolute atomic E-state index is 11.0. The summed E-state index contributed by atoms with van der Waals surface area (Å²) in [6.45, 7) is 5.02. The summed E-state index contributed by atoms with van der Waals surface area (Å²) < 4.78 is 5.19. The van der Waals surface area contributed by atoms with Crippen LogP contribution in [0.5, 0.6) is 6.01 Å². The molecule has 0 saturated carbocycles. The topological polar surface area (TPSA) is 61.8 Å². The second kappa shape index (κ2) is 5.24. The molecule has 7 heteroatoms. The fourth-order valence-corrected chi connectivity index (χ4v) is 2.68. The minimum Gasteiger partial charge on any atom is -0.467 e. The second-order valence-electron chi connectivity index (χ2n) is 5.26. The average Bonchev–Trinajstić information content (AvgIpc) is 2.90. The number of carbonyl (C=O) groups excluding carboxylic acids is 1. The van der Waals surface area contributed by atoms with Gasteiger partial charge in [-0.25, -0.2) is 0 Å². The number of anilines is 1. The van der Waals surface area contributed by atoms with Gasteiger partial charge in [-0.2, -0.15) is 9.97 Å². The smallest absolute Gasteiger partial charge is 0.318 e. The molecule has 1 fully saturated rings. The van der Waals surface area contributed by atoms with Gasteiger partial charge in [0.25, 0.3) is 0 Å². The molecule has 0 bridgehead atoms. The Bertz CT molecular complexity index is 514. The van der Waals surface area contributed by atoms with Gasteiger partial charge in [0.2, 0.25) is 6.41 Å². The average molecular weight is 277 g/mol. The van der Waals surface area contributed by atoms with E-state index in [-0.39, 0.29) is 0 Å². The molecule has 0 unspecified atom stereocenters. The number of amides is 1. The highest BCUT2D eigenvalue weighted by molar-refractivity contribution is 5.57. The molecule has 7 nitrogen and oxygen atoms in total. The first kappa shape index (κ1) is 13.1. The Balaban J connectivity index is 1.94. The van der Waals surface area contributed by atoms with Gasteiger partial charge in [0, 0.05) is 31.7 Å². The maximum atomic E-state index is 11.0. The molecule has 1 aromatic heterocycles. The van der Waals surface area contributed by atoms with Gasteiger partial charge in [-0.15, -0.1) is 0 Å². The van der Waals surface area contributed by atoms with Gasteiger partial charge in [0.1, 0.15) is 5.82 Å². The van der Waals surface area contributed by atoms with Crippen molar-refractivity contribution >= 4 is 12.2 Å². The van der Waals surface area contributed by atoms with E-state index < -0.39 is 0 Å². The van der Waals surface area contributed by atoms with E-state index in [4.69, 9.17) is 4.74 Å². The zero-order valence-electron chi connectivity index (χ0n) is 11.9. The minimum absolute atomic E-state index is 0.380. The molecule has 0 aromatic carbocycles. The van der Waals surface area contributed by atoms with Crippen LogP contribution < -0.4 is 9.64 Å². The van der Waals surface area contributed by atoms with Crippen LogP contribution in [0.15, 0.2) is 0 Å². The lowest BCUT2D eigenvalue weighted by atomic mass is 10.2. The Morgan fingerprint density at radius 1 is 1.15 bits per heavy atom. The number of rotatable bonds is 3. The molecular formula is C13H19N5O2. The third-order valence-electron chi connectivity index (χ3n) is 3.90. The summed E-state index contributed by atoms with van der Waals surface area (Å²) >= 11 is 0. The van der Waals surface area contributed by atoms with E-state index in [1.165, 1.54) is 0 Å². The van der Waals surface area contributed by atoms with E-state index in [1.54, 1.807) is 12.0 Å². The van der Waals surface area contributed by atoms with Crippen molar-refractivity contribution in [2.45, 2.75) is 13.1 Å². The number of methoxy groups -OCH3 is 1. The Labute approximate surface area is 118 Å². The Kier molecular flexibility index (Phi) is 3.43. The quantitative estimate of drug-likeness (QED) is 0.708. The van der Waals surface area contributed by atoms with Crippen LogP contribution in [0.4, 0.5) is 5.82 Å². The van der Waals surface area contributed by atoms with E-state index in [9.17, 15) is 4.79 Å². The van der Waals surface area contributed by atoms with Crippen LogP contribution in [0.2, 0.25) is 0 Å². The molecule has 0 N–H and O–H groups in total. The van der Waals surface area contributed by atoms with Gasteiger partial charge < -0.3 is 19.4 Å². The normalized spacial score (nSPS) is 19.1. The van der Waals surface area contributed by atoms with E-state index in [1.807, 2.05) is 0 Å². The Hall–Kier alpha value is -1.89. The number of ether oxygens (including phenoxy) is 1. The van der Waals surface area contributed by atoms with Gasteiger partial charge in [-0.1, -0.05) is 0 Å². The van der Waals surface area contributed by atoms with Crippen molar-refractivity contribution in [1.82, 2.24) is 19.8 Å². The second-order valence-corrected chi connectivity index (χ2v) is 5.26. The third kappa shape index (κ3) is 2.29. The number of likely N-dealkylation sites (N-methyl/N-ethyl adjacent to an activating group) is 1. The first-order chi connectivity index (χ1) is 9.71. The van der Waals surface area contributed by atoms with E-state index in [0.29, 0.717) is 19.1 Å². The molecule has 3 heterocycles. The molecule has 2 aliphatic heterocycles. The summed E-state index contributed by atoms with van der Waals surface area (Å²) in [6.07, 6.45) is 0.863. The summed E-state index contributed by atoms with van der Waals surface area (Å²) in [5.41, 5.74) is 1.96. The maximum Gasteiger partial charge on any atom is 0.318 e. The lowest BCUT2D eigenvalue weighted by molar-refractivity contribution is -0.118. The van der Waals surface area contributed by atoms with Crippen molar-refractivity contribution < 1.29 is 9.53 Å². The predicted molar refractivity (Wildman–Crippen MR) is 73.6 cm³/mol. The van der Waals surface area contributed by atoms with Crippen LogP contribution in [-0.4, -0.2) is 66.5 Å². The highest BCUT2D eigenvalue weighted by atomic mass is 16.5. The number of nitrogens with zero attached hydrogens (tertiary/aromatic N) is 5. The van der Waals surface area contributed by atoms with Gasteiger partial charge in [0.15, 0.2) is 0 Å². The molecule has 1 saturated heterocycles. The number of hydrogen-bond acceptors (Lipinski definition) is 6. The van der Waals surface area contributed by atoms with Gasteiger partial charge in [0.05, 0.1) is 25.9 Å². The standard InChI is InChI=1S/C13H19N5O2/c1-16-3-5-18(6-4-16)12-10-7-17(9-19)8-11(10)14-13(15-12)20-2/h9H,3-8H2,1-2H3. The van der Waals surface area contributed by atoms with Crippen molar-refractivity contribution in [2.24, 2.45) is 0 Å². The first-order valence-corrected chi connectivity index (χ1v) is 6.78. The molecule has 0 radical (unpaired) electrons. The third-order valence-corrected chi connectivity index (χ3v) is 3.90. The van der Waals surface area contributed by atoms with Gasteiger partial charge in [-0.05, 0) is 7.05 Å². The van der Waals surface area contributed by atoms with Crippen molar-refractivity contribution in [2.75, 3.05) is 45.2 Å². The lowest BCUT2D eigenvalue weighted by Crippen LogP contribution is -2.45. The molecule has 1 aromatic rings. The fourth-order valence-electron chi connectivity index (χ4n) is 2.68. The molecule has 2 aliphatic rings. The van der Waals surface area contributed by atoms with Crippen molar-refractivity contribution in [3.8, 4) is 6.01 Å². The Morgan fingerprint density at radius 3 is 2.55 bits per heavy atom. The molecule has 3 rings (SSSR count). The highest BCUT2D eigenvalue weighted by Gasteiger charge is 2.28. The zero-order chi connectivity index (χ0) is 14.1. The largest absolute Gasteiger partial charge is 0.467 e. The first-order valence-electron chi connectivity index (χ1n) is 6.78. The van der Waals surface area contributed by atoms with Crippen LogP contribution >= 0.6 is 0 Å². The monoisotopic (exact) mass is 277 g/mol. The van der Waals surface area contributed by atoms with Crippen LogP contribution in [-0.2, 0) is 17.9 Å². The SMILES string of the molecule is COc1nc2c(c(N3CCN(C)CC3)n1)CN(C=O)C2. The van der Waals surface area contributed by atoms with Gasteiger partial charge >= 0.3 is 6.01 Å². The van der Waals surface area contributed by atoms with E-state index >= 15 is 0 Å². The number of piperazine rings is 1. The fraction of sp³-hybridized carbons (Fsp3) is 0.615. The number of carbonyl (C=O) groups is 1. The van der Waals surface area contributed by atoms with Crippen molar-refractivity contribution in [1.29, 1.82) is 0 Å². The zero-order valence-corrected chi connectivity index (χ0v) is 11.9. The van der Waals surface area contributed by atoms with Crippen molar-refractivity contribution in [3.05, 3.63) is 11.3 Å². The molecule has 20 heavy (non-hydrogen) atoms. The lowest BCUT2D eigenvalue weighted by Gasteiger charge is -2.34. The highest BCUT2D eigenvalue weighted by Crippen LogP contribution is 2.30. The number of aromatic nitrogens is 2. The molecule has 0 atom stereocenters.